The minimum Gasteiger partial charge on any atom is -0.483 e. The molecule has 0 fully saturated rings. The van der Waals surface area contributed by atoms with E-state index in [1.165, 1.54) is 6.08 Å². The van der Waals surface area contributed by atoms with Gasteiger partial charge in [-0.05, 0) is 18.8 Å². The second-order valence-corrected chi connectivity index (χ2v) is 5.41. The first-order chi connectivity index (χ1) is 9.96. The number of aliphatic hydroxyl groups is 1. The van der Waals surface area contributed by atoms with Crippen LogP contribution in [0.1, 0.15) is 26.7 Å². The normalized spacial score (nSPS) is 26.7. The molecule has 0 aromatic heterocycles. The Morgan fingerprint density at radius 2 is 2.00 bits per heavy atom. The van der Waals surface area contributed by atoms with Gasteiger partial charge in [0.05, 0.1) is 14.2 Å². The quantitative estimate of drug-likeness (QED) is 0.765. The number of rotatable bonds is 6. The molecule has 118 valence electrons. The lowest BCUT2D eigenvalue weighted by atomic mass is 9.85. The van der Waals surface area contributed by atoms with Crippen LogP contribution in [-0.4, -0.2) is 48.8 Å². The van der Waals surface area contributed by atoms with E-state index in [0.29, 0.717) is 24.6 Å². The molecule has 0 spiro atoms. The number of nitrogens with zero attached hydrogens (tertiary/aromatic N) is 2. The minimum absolute atomic E-state index is 0.209. The van der Waals surface area contributed by atoms with E-state index in [1.807, 2.05) is 13.8 Å². The molecule has 0 saturated heterocycles. The van der Waals surface area contributed by atoms with Crippen molar-refractivity contribution in [3.05, 3.63) is 25.3 Å². The van der Waals surface area contributed by atoms with Gasteiger partial charge in [-0.25, -0.2) is 9.98 Å². The van der Waals surface area contributed by atoms with Gasteiger partial charge < -0.3 is 14.6 Å². The maximum Gasteiger partial charge on any atom is 0.215 e. The fraction of sp³-hybridized carbons (Fsp3) is 0.625. The Morgan fingerprint density at radius 1 is 1.33 bits per heavy atom. The summed E-state index contributed by atoms with van der Waals surface area (Å²) in [7, 11) is 3.11. The first-order valence-electron chi connectivity index (χ1n) is 7.14. The average Bonchev–Trinajstić information content (AvgIpc) is 2.50. The van der Waals surface area contributed by atoms with Crippen LogP contribution >= 0.6 is 0 Å². The molecule has 0 aromatic carbocycles. The van der Waals surface area contributed by atoms with Crippen LogP contribution in [0.25, 0.3) is 0 Å². The lowest BCUT2D eigenvalue weighted by Crippen LogP contribution is -2.53. The molecule has 21 heavy (non-hydrogen) atoms. The maximum absolute atomic E-state index is 10.4. The monoisotopic (exact) mass is 294 g/mol. The number of aliphatic imine (C=N–C) groups is 2. The summed E-state index contributed by atoms with van der Waals surface area (Å²) < 4.78 is 10.8. The molecule has 0 radical (unpaired) electrons. The fourth-order valence-electron chi connectivity index (χ4n) is 2.45. The Balaban J connectivity index is 3.37. The molecule has 1 aliphatic rings. The van der Waals surface area contributed by atoms with Gasteiger partial charge >= 0.3 is 0 Å². The molecule has 1 unspecified atom stereocenters. The minimum atomic E-state index is -0.999. The van der Waals surface area contributed by atoms with Crippen molar-refractivity contribution >= 4 is 11.8 Å². The number of methoxy groups -OCH3 is 2. The van der Waals surface area contributed by atoms with E-state index < -0.39 is 11.6 Å². The van der Waals surface area contributed by atoms with E-state index in [1.54, 1.807) is 20.3 Å². The summed E-state index contributed by atoms with van der Waals surface area (Å²) in [5, 5.41) is 10.4. The summed E-state index contributed by atoms with van der Waals surface area (Å²) in [6.45, 7) is 11.5. The lowest BCUT2D eigenvalue weighted by Gasteiger charge is -2.38. The lowest BCUT2D eigenvalue weighted by molar-refractivity contribution is 0.137. The van der Waals surface area contributed by atoms with Gasteiger partial charge in [0, 0.05) is 0 Å². The average molecular weight is 294 g/mol. The molecule has 3 atom stereocenters. The van der Waals surface area contributed by atoms with Crippen molar-refractivity contribution in [2.45, 2.75) is 44.4 Å². The molecule has 1 rings (SSSR count). The Labute approximate surface area is 127 Å². The predicted octanol–water partition coefficient (Wildman–Crippen LogP) is 2.37. The van der Waals surface area contributed by atoms with Crippen LogP contribution < -0.4 is 0 Å². The van der Waals surface area contributed by atoms with Crippen molar-refractivity contribution in [3.8, 4) is 0 Å². The van der Waals surface area contributed by atoms with Crippen LogP contribution in [0.15, 0.2) is 35.3 Å². The van der Waals surface area contributed by atoms with Crippen LogP contribution in [-0.2, 0) is 9.47 Å². The predicted molar refractivity (Wildman–Crippen MR) is 85.9 cm³/mol. The highest BCUT2D eigenvalue weighted by molar-refractivity contribution is 5.97. The van der Waals surface area contributed by atoms with E-state index in [-0.39, 0.29) is 12.0 Å². The second-order valence-electron chi connectivity index (χ2n) is 5.41. The fourth-order valence-corrected chi connectivity index (χ4v) is 2.45. The van der Waals surface area contributed by atoms with Crippen molar-refractivity contribution < 1.29 is 14.6 Å². The van der Waals surface area contributed by atoms with E-state index in [4.69, 9.17) is 9.47 Å². The van der Waals surface area contributed by atoms with Gasteiger partial charge in [-0.2, -0.15) is 0 Å². The highest BCUT2D eigenvalue weighted by atomic mass is 16.5. The zero-order chi connectivity index (χ0) is 16.0. The Kier molecular flexibility index (Phi) is 6.15. The number of aliphatic hydroxyl groups excluding tert-OH is 1. The van der Waals surface area contributed by atoms with Gasteiger partial charge in [-0.1, -0.05) is 26.0 Å². The van der Waals surface area contributed by atoms with Crippen molar-refractivity contribution in [2.24, 2.45) is 15.9 Å². The van der Waals surface area contributed by atoms with Crippen molar-refractivity contribution in [2.75, 3.05) is 14.2 Å². The summed E-state index contributed by atoms with van der Waals surface area (Å²) in [5.74, 6) is 1.14. The number of allylic oxidation sites excluding steroid dienone is 1. The maximum atomic E-state index is 10.4. The topological polar surface area (TPSA) is 63.4 Å². The van der Waals surface area contributed by atoms with Gasteiger partial charge in [0.1, 0.15) is 12.1 Å². The Hall–Kier alpha value is -1.62. The van der Waals surface area contributed by atoms with E-state index in [2.05, 4.69) is 23.1 Å². The van der Waals surface area contributed by atoms with Gasteiger partial charge in [-0.15, -0.1) is 13.2 Å². The molecule has 1 heterocycles. The SMILES string of the molecule is C=CCC[C@@]1(C(O)C=C)N=C(OC)[C@@H](C(C)C)N=C1OC. The van der Waals surface area contributed by atoms with Gasteiger partial charge in [0.15, 0.2) is 5.54 Å². The van der Waals surface area contributed by atoms with E-state index in [0.717, 1.165) is 0 Å². The largest absolute Gasteiger partial charge is 0.483 e. The summed E-state index contributed by atoms with van der Waals surface area (Å²) >= 11 is 0. The third-order valence-electron chi connectivity index (χ3n) is 3.67. The van der Waals surface area contributed by atoms with Crippen LogP contribution in [0.4, 0.5) is 0 Å². The summed E-state index contributed by atoms with van der Waals surface area (Å²) in [5.41, 5.74) is -0.999. The molecular weight excluding hydrogens is 268 g/mol. The van der Waals surface area contributed by atoms with Gasteiger partial charge in [0.25, 0.3) is 0 Å². The molecular formula is C16H26N2O3. The van der Waals surface area contributed by atoms with Crippen LogP contribution in [0, 0.1) is 5.92 Å². The third kappa shape index (κ3) is 3.35. The van der Waals surface area contributed by atoms with E-state index >= 15 is 0 Å². The number of hydrogen-bond donors (Lipinski definition) is 1. The number of ether oxygens (including phenoxy) is 2. The van der Waals surface area contributed by atoms with Crippen LogP contribution in [0.2, 0.25) is 0 Å². The second kappa shape index (κ2) is 7.41. The highest BCUT2D eigenvalue weighted by Crippen LogP contribution is 2.32. The third-order valence-corrected chi connectivity index (χ3v) is 3.67. The molecule has 5 nitrogen and oxygen atoms in total. The van der Waals surface area contributed by atoms with Gasteiger partial charge in [0.2, 0.25) is 11.8 Å². The molecule has 0 aliphatic carbocycles. The summed E-state index contributed by atoms with van der Waals surface area (Å²) in [6.07, 6.45) is 3.51. The van der Waals surface area contributed by atoms with Gasteiger partial charge in [-0.3, -0.25) is 0 Å². The Bertz CT molecular complexity index is 443. The molecule has 0 aromatic rings. The highest BCUT2D eigenvalue weighted by Gasteiger charge is 2.47. The smallest absolute Gasteiger partial charge is 0.215 e. The molecule has 1 aliphatic heterocycles. The van der Waals surface area contributed by atoms with Crippen molar-refractivity contribution in [1.29, 1.82) is 0 Å². The Morgan fingerprint density at radius 3 is 2.43 bits per heavy atom. The molecule has 1 N–H and O–H groups in total. The summed E-state index contributed by atoms with van der Waals surface area (Å²) in [4.78, 5) is 9.29. The number of hydrogen-bond acceptors (Lipinski definition) is 5. The first kappa shape index (κ1) is 17.4. The van der Waals surface area contributed by atoms with Crippen molar-refractivity contribution in [1.82, 2.24) is 0 Å². The molecule has 0 saturated carbocycles. The zero-order valence-corrected chi connectivity index (χ0v) is 13.4. The van der Waals surface area contributed by atoms with Crippen LogP contribution in [0.5, 0.6) is 0 Å². The standard InChI is InChI=1S/C16H26N2O3/c1-7-9-10-16(12(19)8-2)15(21-6)17-13(11(3)4)14(18-16)20-5/h7-8,11-13,19H,1-2,9-10H2,3-6H3/t12?,13-,16+/m1/s1. The van der Waals surface area contributed by atoms with Crippen LogP contribution in [0.3, 0.4) is 0 Å². The molecule has 0 bridgehead atoms. The molecule has 5 heteroatoms. The van der Waals surface area contributed by atoms with Crippen molar-refractivity contribution in [3.63, 3.8) is 0 Å². The van der Waals surface area contributed by atoms with E-state index in [9.17, 15) is 5.11 Å². The molecule has 0 amide bonds. The summed E-state index contributed by atoms with van der Waals surface area (Å²) in [6, 6.07) is -0.209. The zero-order valence-electron chi connectivity index (χ0n) is 13.4. The first-order valence-corrected chi connectivity index (χ1v) is 7.14.